The minimum Gasteiger partial charge on any atom is -0.469 e. The lowest BCUT2D eigenvalue weighted by Crippen LogP contribution is -2.38. The van der Waals surface area contributed by atoms with Crippen LogP contribution in [0.1, 0.15) is 11.1 Å². The maximum Gasteiger partial charge on any atom is 0.310 e. The first-order chi connectivity index (χ1) is 12.4. The first-order valence-electron chi connectivity index (χ1n) is 8.13. The Hall–Kier alpha value is -1.45. The molecule has 1 unspecified atom stereocenters. The van der Waals surface area contributed by atoms with Crippen molar-refractivity contribution in [2.45, 2.75) is 18.4 Å². The zero-order chi connectivity index (χ0) is 19.2. The van der Waals surface area contributed by atoms with Crippen LogP contribution in [0.4, 0.5) is 0 Å². The van der Waals surface area contributed by atoms with Gasteiger partial charge in [0.05, 0.1) is 17.9 Å². The van der Waals surface area contributed by atoms with Crippen molar-refractivity contribution in [3.8, 4) is 0 Å². The van der Waals surface area contributed by atoms with Crippen LogP contribution in [-0.4, -0.2) is 36.8 Å². The van der Waals surface area contributed by atoms with Crippen LogP contribution >= 0.6 is 22.6 Å². The topological polar surface area (TPSA) is 63.7 Å². The van der Waals surface area contributed by atoms with Gasteiger partial charge in [0.25, 0.3) is 0 Å². The molecule has 0 fully saturated rings. The molecule has 7 heteroatoms. The van der Waals surface area contributed by atoms with Crippen LogP contribution in [-0.2, 0) is 26.1 Å². The van der Waals surface area contributed by atoms with Crippen molar-refractivity contribution in [1.82, 2.24) is 4.31 Å². The highest BCUT2D eigenvalue weighted by Crippen LogP contribution is 2.21. The molecular formula is C19H22INO4S. The van der Waals surface area contributed by atoms with Gasteiger partial charge in [0.2, 0.25) is 10.0 Å². The molecule has 26 heavy (non-hydrogen) atoms. The summed E-state index contributed by atoms with van der Waals surface area (Å²) in [5.74, 6) is -0.930. The summed E-state index contributed by atoms with van der Waals surface area (Å²) >= 11 is 2.08. The molecule has 140 valence electrons. The van der Waals surface area contributed by atoms with Crippen molar-refractivity contribution in [1.29, 1.82) is 0 Å². The van der Waals surface area contributed by atoms with E-state index in [0.717, 1.165) is 11.1 Å². The summed E-state index contributed by atoms with van der Waals surface area (Å²) in [5.41, 5.74) is 1.85. The minimum absolute atomic E-state index is 0.0702. The van der Waals surface area contributed by atoms with Crippen LogP contribution in [0, 0.1) is 12.8 Å². The van der Waals surface area contributed by atoms with E-state index in [0.29, 0.717) is 4.43 Å². The number of benzene rings is 2. The van der Waals surface area contributed by atoms with Gasteiger partial charge in [-0.3, -0.25) is 4.79 Å². The third-order valence-corrected chi connectivity index (χ3v) is 6.89. The summed E-state index contributed by atoms with van der Waals surface area (Å²) in [6, 6.07) is 16.1. The van der Waals surface area contributed by atoms with Gasteiger partial charge in [0, 0.05) is 17.5 Å². The number of sulfonamides is 1. The predicted molar refractivity (Wildman–Crippen MR) is 110 cm³/mol. The molecule has 0 aromatic heterocycles. The molecule has 1 atom stereocenters. The molecule has 0 bridgehead atoms. The molecule has 0 aliphatic rings. The van der Waals surface area contributed by atoms with Gasteiger partial charge < -0.3 is 4.74 Å². The van der Waals surface area contributed by atoms with Crippen LogP contribution in [0.25, 0.3) is 0 Å². The number of methoxy groups -OCH3 is 1. The molecule has 0 spiro atoms. The number of nitrogens with zero attached hydrogens (tertiary/aromatic N) is 1. The van der Waals surface area contributed by atoms with Crippen LogP contribution in [0.5, 0.6) is 0 Å². The lowest BCUT2D eigenvalue weighted by atomic mass is 10.1. The van der Waals surface area contributed by atoms with E-state index in [1.807, 2.05) is 37.3 Å². The number of carbonyl (C=O) groups is 1. The fourth-order valence-corrected chi connectivity index (χ4v) is 4.60. The molecule has 0 aliphatic heterocycles. The quantitative estimate of drug-likeness (QED) is 0.325. The van der Waals surface area contributed by atoms with Crippen LogP contribution in [0.2, 0.25) is 0 Å². The monoisotopic (exact) mass is 487 g/mol. The van der Waals surface area contributed by atoms with E-state index in [-0.39, 0.29) is 18.0 Å². The second kappa shape index (κ2) is 9.48. The van der Waals surface area contributed by atoms with E-state index in [2.05, 4.69) is 22.6 Å². The van der Waals surface area contributed by atoms with E-state index in [1.165, 1.54) is 11.4 Å². The molecule has 2 aromatic rings. The maximum absolute atomic E-state index is 13.2. The second-order valence-electron chi connectivity index (χ2n) is 5.97. The van der Waals surface area contributed by atoms with Gasteiger partial charge in [-0.25, -0.2) is 8.42 Å². The van der Waals surface area contributed by atoms with Gasteiger partial charge in [-0.2, -0.15) is 4.31 Å². The van der Waals surface area contributed by atoms with Crippen LogP contribution < -0.4 is 0 Å². The van der Waals surface area contributed by atoms with Gasteiger partial charge in [-0.05, 0) is 24.6 Å². The first-order valence-corrected chi connectivity index (χ1v) is 11.1. The van der Waals surface area contributed by atoms with E-state index < -0.39 is 21.9 Å². The second-order valence-corrected chi connectivity index (χ2v) is 8.79. The standard InChI is InChI=1S/C19H22INO4S/c1-15-8-10-18(11-9-15)26(23,24)21(13-16-6-4-3-5-7-16)14-17(12-20)19(22)25-2/h3-11,17H,12-14H2,1-2H3. The number of alkyl halides is 1. The molecule has 2 rings (SSSR count). The minimum atomic E-state index is -3.74. The Kier molecular flexibility index (Phi) is 7.60. The highest BCUT2D eigenvalue weighted by atomic mass is 127. The van der Waals surface area contributed by atoms with Gasteiger partial charge >= 0.3 is 5.97 Å². The number of aryl methyl sites for hydroxylation is 1. The summed E-state index contributed by atoms with van der Waals surface area (Å²) in [6.07, 6.45) is 0. The van der Waals surface area contributed by atoms with E-state index in [9.17, 15) is 13.2 Å². The summed E-state index contributed by atoms with van der Waals surface area (Å²) in [5, 5.41) is 0. The van der Waals surface area contributed by atoms with Crippen molar-refractivity contribution in [3.63, 3.8) is 0 Å². The van der Waals surface area contributed by atoms with Gasteiger partial charge in [0.1, 0.15) is 0 Å². The highest BCUT2D eigenvalue weighted by molar-refractivity contribution is 14.1. The number of carbonyl (C=O) groups excluding carboxylic acids is 1. The van der Waals surface area contributed by atoms with Crippen LogP contribution in [0.15, 0.2) is 59.5 Å². The van der Waals surface area contributed by atoms with Gasteiger partial charge in [0.15, 0.2) is 0 Å². The molecule has 0 saturated heterocycles. The maximum atomic E-state index is 13.2. The summed E-state index contributed by atoms with van der Waals surface area (Å²) in [7, 11) is -2.42. The van der Waals surface area contributed by atoms with E-state index >= 15 is 0 Å². The number of hydrogen-bond acceptors (Lipinski definition) is 4. The van der Waals surface area contributed by atoms with Crippen molar-refractivity contribution in [2.75, 3.05) is 18.1 Å². The van der Waals surface area contributed by atoms with Crippen molar-refractivity contribution in [3.05, 3.63) is 65.7 Å². The molecule has 0 heterocycles. The van der Waals surface area contributed by atoms with Crippen molar-refractivity contribution < 1.29 is 17.9 Å². The normalized spacial score (nSPS) is 12.8. The lowest BCUT2D eigenvalue weighted by Gasteiger charge is -2.25. The fraction of sp³-hybridized carbons (Fsp3) is 0.316. The highest BCUT2D eigenvalue weighted by Gasteiger charge is 2.30. The fourth-order valence-electron chi connectivity index (χ4n) is 2.49. The van der Waals surface area contributed by atoms with E-state index in [4.69, 9.17) is 4.74 Å². The summed E-state index contributed by atoms with van der Waals surface area (Å²) in [6.45, 7) is 2.17. The Morgan fingerprint density at radius 3 is 2.27 bits per heavy atom. The zero-order valence-corrected chi connectivity index (χ0v) is 17.7. The molecule has 2 aromatic carbocycles. The molecule has 0 amide bonds. The predicted octanol–water partition coefficient (Wildman–Crippen LogP) is 3.41. The van der Waals surface area contributed by atoms with E-state index in [1.54, 1.807) is 24.3 Å². The third-order valence-electron chi connectivity index (χ3n) is 4.01. The first kappa shape index (κ1) is 20.9. The van der Waals surface area contributed by atoms with Crippen LogP contribution in [0.3, 0.4) is 0 Å². The molecule has 0 saturated carbocycles. The number of rotatable bonds is 8. The molecule has 0 aliphatic carbocycles. The molecule has 0 radical (unpaired) electrons. The lowest BCUT2D eigenvalue weighted by molar-refractivity contribution is -0.144. The Labute approximate surface area is 168 Å². The summed E-state index contributed by atoms with van der Waals surface area (Å²) < 4.78 is 33.0. The number of hydrogen-bond donors (Lipinski definition) is 0. The number of halogens is 1. The average molecular weight is 487 g/mol. The Morgan fingerprint density at radius 2 is 1.73 bits per heavy atom. The van der Waals surface area contributed by atoms with Crippen molar-refractivity contribution >= 4 is 38.6 Å². The molecule has 0 N–H and O–H groups in total. The smallest absolute Gasteiger partial charge is 0.310 e. The van der Waals surface area contributed by atoms with Gasteiger partial charge in [-0.1, -0.05) is 70.6 Å². The zero-order valence-electron chi connectivity index (χ0n) is 14.8. The molecule has 5 nitrogen and oxygen atoms in total. The molecular weight excluding hydrogens is 465 g/mol. The average Bonchev–Trinajstić information content (AvgIpc) is 2.65. The summed E-state index contributed by atoms with van der Waals surface area (Å²) in [4.78, 5) is 12.2. The van der Waals surface area contributed by atoms with Crippen molar-refractivity contribution in [2.24, 2.45) is 5.92 Å². The Bertz CT molecular complexity index is 822. The number of ether oxygens (including phenoxy) is 1. The Morgan fingerprint density at radius 1 is 1.12 bits per heavy atom. The largest absolute Gasteiger partial charge is 0.469 e. The SMILES string of the molecule is COC(=O)C(CI)CN(Cc1ccccc1)S(=O)(=O)c1ccc(C)cc1. The Balaban J connectivity index is 2.38. The third kappa shape index (κ3) is 5.28. The number of esters is 1. The van der Waals surface area contributed by atoms with Gasteiger partial charge in [-0.15, -0.1) is 0 Å².